The molecule has 0 radical (unpaired) electrons. The molecule has 2 saturated carbocycles. The van der Waals surface area contributed by atoms with Gasteiger partial charge < -0.3 is 0 Å². The Balaban J connectivity index is 1.31. The van der Waals surface area contributed by atoms with Gasteiger partial charge in [-0.1, -0.05) is 0 Å². The van der Waals surface area contributed by atoms with E-state index in [1.165, 1.54) is 132 Å². The van der Waals surface area contributed by atoms with Crippen LogP contribution in [0.15, 0.2) is 96.1 Å². The number of rotatable bonds is 11. The fourth-order valence-electron chi connectivity index (χ4n) is 12.0. The Morgan fingerprint density at radius 2 is 0.850 bits per heavy atom. The summed E-state index contributed by atoms with van der Waals surface area (Å²) in [6, 6.07) is 33.6. The van der Waals surface area contributed by atoms with Crippen molar-refractivity contribution in [3.8, 4) is 22.3 Å². The molecule has 4 aliphatic carbocycles. The standard InChI is InChI=1S/2C26H33Si.C2H7Si.2ClH.Zr/c2*1-27(2,3)24-15-13-22(14-16-24)25-12-8-11-23-18-21(19-26(23)25)17-20-9-6-4-5-7-10-20;1-3-2;;;/h2*8,11-16,18-20H,4-7,9-10,17H2,1-3H3;3H,1-2H3;2*1H;/q;;;;;+2/p-2. The molecule has 4 aromatic rings. The fourth-order valence-corrected chi connectivity index (χ4v) is 45.7. The first-order valence-electron chi connectivity index (χ1n) is 24.0. The molecule has 2 atom stereocenters. The van der Waals surface area contributed by atoms with Crippen LogP contribution in [0.25, 0.3) is 34.4 Å². The second kappa shape index (κ2) is 17.8. The zero-order valence-corrected chi connectivity index (χ0v) is 45.4. The monoisotopic (exact) mass is 965 g/mol. The van der Waals surface area contributed by atoms with E-state index in [1.54, 1.807) is 11.1 Å². The van der Waals surface area contributed by atoms with E-state index in [1.807, 2.05) is 0 Å². The predicted octanol–water partition coefficient (Wildman–Crippen LogP) is 16.4. The third-order valence-electron chi connectivity index (χ3n) is 15.6. The molecule has 0 saturated heterocycles. The molecule has 0 aromatic heterocycles. The second-order valence-electron chi connectivity index (χ2n) is 22.1. The van der Waals surface area contributed by atoms with E-state index in [0.29, 0.717) is 11.8 Å². The van der Waals surface area contributed by atoms with Crippen molar-refractivity contribution < 1.29 is 15.6 Å². The average molecular weight is 969 g/mol. The summed E-state index contributed by atoms with van der Waals surface area (Å²) in [5.74, 6) is -0.295. The molecule has 4 aliphatic rings. The molecule has 0 nitrogen and oxygen atoms in total. The van der Waals surface area contributed by atoms with Crippen LogP contribution in [0.4, 0.5) is 0 Å². The summed E-state index contributed by atoms with van der Waals surface area (Å²) < 4.78 is 0.267. The Morgan fingerprint density at radius 1 is 0.500 bits per heavy atom. The van der Waals surface area contributed by atoms with Gasteiger partial charge in [0, 0.05) is 0 Å². The third kappa shape index (κ3) is 8.81. The summed E-state index contributed by atoms with van der Waals surface area (Å²) in [4.78, 5) is 0. The quantitative estimate of drug-likeness (QED) is 0.104. The average Bonchev–Trinajstić information content (AvgIpc) is 3.52. The van der Waals surface area contributed by atoms with Crippen molar-refractivity contribution in [2.24, 2.45) is 11.8 Å². The number of hydrogen-bond acceptors (Lipinski definition) is 0. The van der Waals surface area contributed by atoms with Crippen molar-refractivity contribution in [2.45, 2.75) is 150 Å². The molecule has 60 heavy (non-hydrogen) atoms. The summed E-state index contributed by atoms with van der Waals surface area (Å²) in [5, 5.41) is 3.03. The van der Waals surface area contributed by atoms with Gasteiger partial charge >= 0.3 is 379 Å². The van der Waals surface area contributed by atoms with Crippen molar-refractivity contribution in [3.63, 3.8) is 0 Å². The van der Waals surface area contributed by atoms with Gasteiger partial charge in [0.1, 0.15) is 0 Å². The van der Waals surface area contributed by atoms with Crippen LogP contribution < -0.4 is 10.4 Å². The van der Waals surface area contributed by atoms with Crippen LogP contribution in [0.5, 0.6) is 0 Å². The van der Waals surface area contributed by atoms with Gasteiger partial charge in [0.15, 0.2) is 0 Å². The van der Waals surface area contributed by atoms with Gasteiger partial charge in [-0.3, -0.25) is 0 Å². The number of halogens is 2. The van der Waals surface area contributed by atoms with Crippen LogP contribution in [0, 0.1) is 11.8 Å². The zero-order valence-electron chi connectivity index (χ0n) is 38.3. The molecule has 319 valence electrons. The molecule has 0 bridgehead atoms. The van der Waals surface area contributed by atoms with Crippen LogP contribution in [0.3, 0.4) is 0 Å². The summed E-state index contributed by atoms with van der Waals surface area (Å²) >= 11 is -5.03. The van der Waals surface area contributed by atoms with Crippen LogP contribution in [-0.2, 0) is 15.6 Å². The van der Waals surface area contributed by atoms with Gasteiger partial charge in [-0.05, 0) is 0 Å². The topological polar surface area (TPSA) is 0 Å². The third-order valence-corrected chi connectivity index (χ3v) is 71.6. The van der Waals surface area contributed by atoms with Gasteiger partial charge in [-0.25, -0.2) is 0 Å². The van der Waals surface area contributed by atoms with Crippen molar-refractivity contribution in [1.82, 2.24) is 0 Å². The first kappa shape index (κ1) is 45.1. The predicted molar refractivity (Wildman–Crippen MR) is 273 cm³/mol. The molecule has 0 heterocycles. The minimum absolute atomic E-state index is 0.133. The van der Waals surface area contributed by atoms with Gasteiger partial charge in [-0.2, -0.15) is 0 Å². The maximum absolute atomic E-state index is 9.19. The van der Waals surface area contributed by atoms with E-state index in [-0.39, 0.29) is 7.25 Å². The summed E-state index contributed by atoms with van der Waals surface area (Å²) in [5.41, 5.74) is 14.2. The van der Waals surface area contributed by atoms with Crippen molar-refractivity contribution in [3.05, 3.63) is 118 Å². The Bertz CT molecular complexity index is 2070. The molecule has 0 N–H and O–H groups in total. The molecule has 0 spiro atoms. The van der Waals surface area contributed by atoms with Gasteiger partial charge in [0.2, 0.25) is 0 Å². The summed E-state index contributed by atoms with van der Waals surface area (Å²) in [6.45, 7) is 19.8. The SMILES string of the molecule is C[SiH](C)[Zr]([Cl])([Cl])([CH]1C(CC2CCCCCC2)=Cc2c(-c3ccc([Si](C)(C)C)cc3)cccc21)[CH]1C(CC2CCCCCC2)=Cc2c(-c3ccc([Si](C)(C)C)cc3)cccc21. The van der Waals surface area contributed by atoms with E-state index in [2.05, 4.69) is 149 Å². The van der Waals surface area contributed by atoms with Gasteiger partial charge in [-0.15, -0.1) is 0 Å². The number of benzene rings is 4. The van der Waals surface area contributed by atoms with Gasteiger partial charge in [0.25, 0.3) is 0 Å². The van der Waals surface area contributed by atoms with E-state index in [0.717, 1.165) is 12.8 Å². The molecule has 0 aliphatic heterocycles. The van der Waals surface area contributed by atoms with E-state index < -0.39 is 37.6 Å². The molecular weight excluding hydrogens is 895 g/mol. The zero-order chi connectivity index (χ0) is 42.5. The molecule has 4 aromatic carbocycles. The Hall–Kier alpha value is -1.53. The number of hydrogen-bond donors (Lipinski definition) is 0. The molecule has 2 unspecified atom stereocenters. The summed E-state index contributed by atoms with van der Waals surface area (Å²) in [7, 11) is 15.5. The summed E-state index contributed by atoms with van der Waals surface area (Å²) in [6.07, 6.45) is 23.8. The van der Waals surface area contributed by atoms with Crippen molar-refractivity contribution in [1.29, 1.82) is 0 Å². The molecule has 6 heteroatoms. The number of fused-ring (bicyclic) bond motifs is 2. The Labute approximate surface area is 375 Å². The molecule has 0 amide bonds. The number of allylic oxidation sites excluding steroid dienone is 2. The Kier molecular flexibility index (Phi) is 13.4. The van der Waals surface area contributed by atoms with Crippen LogP contribution in [0.1, 0.15) is 119 Å². The second-order valence-corrected chi connectivity index (χ2v) is 74.7. The van der Waals surface area contributed by atoms with E-state index in [9.17, 15) is 17.0 Å². The van der Waals surface area contributed by atoms with Crippen LogP contribution in [-0.4, -0.2) is 22.1 Å². The van der Waals surface area contributed by atoms with Crippen molar-refractivity contribution >= 4 is 61.6 Å². The minimum atomic E-state index is -5.03. The van der Waals surface area contributed by atoms with E-state index >= 15 is 0 Å². The van der Waals surface area contributed by atoms with Crippen LogP contribution in [0.2, 0.25) is 52.4 Å². The first-order valence-corrected chi connectivity index (χ1v) is 47.3. The van der Waals surface area contributed by atoms with Crippen molar-refractivity contribution in [2.75, 3.05) is 0 Å². The fraction of sp³-hybridized carbons (Fsp3) is 0.481. The molecule has 8 rings (SSSR count). The Morgan fingerprint density at radius 3 is 1.17 bits per heavy atom. The maximum atomic E-state index is 9.19. The van der Waals surface area contributed by atoms with Crippen LogP contribution >= 0.6 is 17.0 Å². The molecule has 2 fully saturated rings. The molecular formula is C54H73Cl2Si3Zr. The first-order chi connectivity index (χ1) is 28.5. The van der Waals surface area contributed by atoms with E-state index in [4.69, 9.17) is 0 Å². The normalized spacial score (nSPS) is 21.4. The van der Waals surface area contributed by atoms with Gasteiger partial charge in [0.05, 0.1) is 0 Å².